The van der Waals surface area contributed by atoms with Crippen LogP contribution in [0.25, 0.3) is 0 Å². The van der Waals surface area contributed by atoms with Crippen molar-refractivity contribution in [2.24, 2.45) is 0 Å². The molecule has 0 aliphatic carbocycles. The number of nitrogens with zero attached hydrogens (tertiary/aromatic N) is 1. The highest BCUT2D eigenvalue weighted by Crippen LogP contribution is 2.19. The van der Waals surface area contributed by atoms with E-state index in [4.69, 9.17) is 17.3 Å². The van der Waals surface area contributed by atoms with Crippen molar-refractivity contribution in [3.63, 3.8) is 0 Å². The van der Waals surface area contributed by atoms with Gasteiger partial charge in [0.15, 0.2) is 0 Å². The van der Waals surface area contributed by atoms with Crippen molar-refractivity contribution in [1.82, 2.24) is 10.2 Å². The van der Waals surface area contributed by atoms with Gasteiger partial charge in [0, 0.05) is 31.7 Å². The van der Waals surface area contributed by atoms with Crippen LogP contribution in [0.2, 0.25) is 5.02 Å². The van der Waals surface area contributed by atoms with Gasteiger partial charge in [0.05, 0.1) is 10.6 Å². The standard InChI is InChI=1S/C13H16ClN3O2/c1-17-7-9(3-5-12(17)18)16-13(19)10-4-2-8(15)6-11(10)14/h2,4,6,9H,3,5,7,15H2,1H3,(H,16,19). The second-order valence-corrected chi connectivity index (χ2v) is 5.13. The molecule has 102 valence electrons. The van der Waals surface area contributed by atoms with E-state index in [2.05, 4.69) is 5.32 Å². The molecule has 1 saturated heterocycles. The van der Waals surface area contributed by atoms with Crippen LogP contribution < -0.4 is 11.1 Å². The molecule has 6 heteroatoms. The number of nitrogen functional groups attached to an aromatic ring is 1. The van der Waals surface area contributed by atoms with Crippen LogP contribution in [0.4, 0.5) is 5.69 Å². The Hall–Kier alpha value is -1.75. The topological polar surface area (TPSA) is 75.4 Å². The van der Waals surface area contributed by atoms with Gasteiger partial charge in [0.1, 0.15) is 0 Å². The highest BCUT2D eigenvalue weighted by Gasteiger charge is 2.24. The molecular weight excluding hydrogens is 266 g/mol. The molecule has 1 aromatic carbocycles. The molecule has 5 nitrogen and oxygen atoms in total. The average Bonchev–Trinajstić information content (AvgIpc) is 2.33. The van der Waals surface area contributed by atoms with E-state index in [1.807, 2.05) is 0 Å². The molecule has 0 aromatic heterocycles. The number of rotatable bonds is 2. The molecule has 1 unspecified atom stereocenters. The summed E-state index contributed by atoms with van der Waals surface area (Å²) in [5, 5.41) is 3.22. The van der Waals surface area contributed by atoms with E-state index >= 15 is 0 Å². The van der Waals surface area contributed by atoms with E-state index in [1.54, 1.807) is 30.1 Å². The van der Waals surface area contributed by atoms with Gasteiger partial charge in [-0.1, -0.05) is 11.6 Å². The number of carbonyl (C=O) groups is 2. The Kier molecular flexibility index (Phi) is 3.95. The monoisotopic (exact) mass is 281 g/mol. The maximum Gasteiger partial charge on any atom is 0.253 e. The van der Waals surface area contributed by atoms with Crippen LogP contribution in [0.5, 0.6) is 0 Å². The summed E-state index contributed by atoms with van der Waals surface area (Å²) in [6, 6.07) is 4.75. The van der Waals surface area contributed by atoms with Gasteiger partial charge in [0.25, 0.3) is 5.91 Å². The van der Waals surface area contributed by atoms with Crippen molar-refractivity contribution in [3.05, 3.63) is 28.8 Å². The molecule has 19 heavy (non-hydrogen) atoms. The molecule has 2 amide bonds. The van der Waals surface area contributed by atoms with Crippen LogP contribution in [0, 0.1) is 0 Å². The summed E-state index contributed by atoms with van der Waals surface area (Å²) in [6.07, 6.45) is 1.11. The summed E-state index contributed by atoms with van der Waals surface area (Å²) in [6.45, 7) is 0.525. The van der Waals surface area contributed by atoms with E-state index in [0.717, 1.165) is 0 Å². The fourth-order valence-electron chi connectivity index (χ4n) is 2.11. The molecule has 1 aliphatic heterocycles. The number of hydrogen-bond donors (Lipinski definition) is 2. The Labute approximate surface area is 116 Å². The number of benzene rings is 1. The number of nitrogens with two attached hydrogens (primary N) is 1. The van der Waals surface area contributed by atoms with E-state index in [1.165, 1.54) is 0 Å². The molecule has 1 fully saturated rings. The smallest absolute Gasteiger partial charge is 0.253 e. The number of nitrogens with one attached hydrogen (secondary N) is 1. The first-order valence-corrected chi connectivity index (χ1v) is 6.45. The number of likely N-dealkylation sites (tertiary alicyclic amines) is 1. The van der Waals surface area contributed by atoms with E-state index in [9.17, 15) is 9.59 Å². The van der Waals surface area contributed by atoms with Gasteiger partial charge in [-0.25, -0.2) is 0 Å². The van der Waals surface area contributed by atoms with Crippen molar-refractivity contribution >= 4 is 29.1 Å². The fourth-order valence-corrected chi connectivity index (χ4v) is 2.38. The van der Waals surface area contributed by atoms with Crippen LogP contribution in [0.1, 0.15) is 23.2 Å². The molecule has 1 aliphatic rings. The zero-order valence-corrected chi connectivity index (χ0v) is 11.4. The number of carbonyl (C=O) groups excluding carboxylic acids is 2. The first-order chi connectivity index (χ1) is 8.97. The van der Waals surface area contributed by atoms with E-state index in [0.29, 0.717) is 35.7 Å². The molecular formula is C13H16ClN3O2. The SMILES string of the molecule is CN1CC(NC(=O)c2ccc(N)cc2Cl)CCC1=O. The number of anilines is 1. The minimum Gasteiger partial charge on any atom is -0.399 e. The number of amides is 2. The molecule has 0 radical (unpaired) electrons. The minimum atomic E-state index is -0.238. The van der Waals surface area contributed by atoms with Crippen molar-refractivity contribution in [2.75, 3.05) is 19.3 Å². The lowest BCUT2D eigenvalue weighted by atomic mass is 10.0. The summed E-state index contributed by atoms with van der Waals surface area (Å²) in [5.74, 6) is -0.131. The predicted octanol–water partition coefficient (Wildman–Crippen LogP) is 1.27. The van der Waals surface area contributed by atoms with Gasteiger partial charge in [-0.3, -0.25) is 9.59 Å². The average molecular weight is 282 g/mol. The van der Waals surface area contributed by atoms with Gasteiger partial charge < -0.3 is 16.0 Å². The summed E-state index contributed by atoms with van der Waals surface area (Å²) in [7, 11) is 1.73. The molecule has 1 aromatic rings. The Morgan fingerprint density at radius 1 is 1.53 bits per heavy atom. The lowest BCUT2D eigenvalue weighted by Gasteiger charge is -2.30. The number of hydrogen-bond acceptors (Lipinski definition) is 3. The third kappa shape index (κ3) is 3.17. The Balaban J connectivity index is 2.03. The first-order valence-electron chi connectivity index (χ1n) is 6.07. The number of halogens is 1. The Morgan fingerprint density at radius 2 is 2.26 bits per heavy atom. The molecule has 0 spiro atoms. The number of piperidine rings is 1. The summed E-state index contributed by atoms with van der Waals surface area (Å²) in [5.41, 5.74) is 6.50. The summed E-state index contributed by atoms with van der Waals surface area (Å²) in [4.78, 5) is 25.1. The molecule has 0 bridgehead atoms. The van der Waals surface area contributed by atoms with Crippen LogP contribution in [-0.4, -0.2) is 36.3 Å². The van der Waals surface area contributed by atoms with E-state index in [-0.39, 0.29) is 17.9 Å². The zero-order chi connectivity index (χ0) is 14.0. The summed E-state index contributed by atoms with van der Waals surface area (Å²) >= 11 is 5.99. The fraction of sp³-hybridized carbons (Fsp3) is 0.385. The van der Waals surface area contributed by atoms with Gasteiger partial charge in [-0.15, -0.1) is 0 Å². The molecule has 2 rings (SSSR count). The predicted molar refractivity (Wildman–Crippen MR) is 74.0 cm³/mol. The van der Waals surface area contributed by atoms with Gasteiger partial charge in [-0.05, 0) is 24.6 Å². The lowest BCUT2D eigenvalue weighted by Crippen LogP contribution is -2.48. The van der Waals surface area contributed by atoms with Crippen LogP contribution in [0.3, 0.4) is 0 Å². The third-order valence-electron chi connectivity index (χ3n) is 3.20. The molecule has 3 N–H and O–H groups in total. The van der Waals surface area contributed by atoms with Gasteiger partial charge in [-0.2, -0.15) is 0 Å². The Morgan fingerprint density at radius 3 is 2.89 bits per heavy atom. The van der Waals surface area contributed by atoms with E-state index < -0.39 is 0 Å². The van der Waals surface area contributed by atoms with Crippen molar-refractivity contribution in [1.29, 1.82) is 0 Å². The molecule has 1 atom stereocenters. The second-order valence-electron chi connectivity index (χ2n) is 4.72. The van der Waals surface area contributed by atoms with Gasteiger partial charge >= 0.3 is 0 Å². The second kappa shape index (κ2) is 5.48. The van der Waals surface area contributed by atoms with Gasteiger partial charge in [0.2, 0.25) is 5.91 Å². The molecule has 0 saturated carbocycles. The maximum absolute atomic E-state index is 12.1. The third-order valence-corrected chi connectivity index (χ3v) is 3.51. The largest absolute Gasteiger partial charge is 0.399 e. The zero-order valence-electron chi connectivity index (χ0n) is 10.6. The Bertz CT molecular complexity index is 519. The quantitative estimate of drug-likeness (QED) is 0.802. The summed E-state index contributed by atoms with van der Waals surface area (Å²) < 4.78 is 0. The van der Waals surface area contributed by atoms with Crippen LogP contribution in [0.15, 0.2) is 18.2 Å². The molecule has 1 heterocycles. The lowest BCUT2D eigenvalue weighted by molar-refractivity contribution is -0.132. The normalized spacial score (nSPS) is 19.4. The highest BCUT2D eigenvalue weighted by molar-refractivity contribution is 6.34. The first kappa shape index (κ1) is 13.7. The van der Waals surface area contributed by atoms with Crippen molar-refractivity contribution < 1.29 is 9.59 Å². The van der Waals surface area contributed by atoms with Crippen LogP contribution in [-0.2, 0) is 4.79 Å². The highest BCUT2D eigenvalue weighted by atomic mass is 35.5. The maximum atomic E-state index is 12.1. The van der Waals surface area contributed by atoms with Crippen molar-refractivity contribution in [2.45, 2.75) is 18.9 Å². The van der Waals surface area contributed by atoms with Crippen molar-refractivity contribution in [3.8, 4) is 0 Å². The van der Waals surface area contributed by atoms with Crippen LogP contribution >= 0.6 is 11.6 Å². The minimum absolute atomic E-state index is 0.0381. The number of likely N-dealkylation sites (N-methyl/N-ethyl adjacent to an activating group) is 1.